The number of halogens is 4. The van der Waals surface area contributed by atoms with E-state index >= 15 is 0 Å². The first-order valence-corrected chi connectivity index (χ1v) is 8.92. The largest absolute Gasteiger partial charge is 0.410 e. The minimum Gasteiger partial charge on any atom is -0.314 e. The molecule has 0 aliphatic heterocycles. The zero-order chi connectivity index (χ0) is 20.6. The van der Waals surface area contributed by atoms with E-state index in [0.29, 0.717) is 22.2 Å². The van der Waals surface area contributed by atoms with E-state index in [9.17, 15) is 17.6 Å². The topological polar surface area (TPSA) is 43.8 Å². The van der Waals surface area contributed by atoms with Crippen LogP contribution in [0.4, 0.5) is 17.6 Å². The highest BCUT2D eigenvalue weighted by atomic mass is 19.4. The molecule has 148 valence electrons. The van der Waals surface area contributed by atoms with E-state index in [-0.39, 0.29) is 17.8 Å². The molecule has 29 heavy (non-hydrogen) atoms. The van der Waals surface area contributed by atoms with Crippen molar-refractivity contribution in [1.29, 1.82) is 0 Å². The van der Waals surface area contributed by atoms with Crippen LogP contribution in [0.5, 0.6) is 0 Å². The molecule has 0 bridgehead atoms. The van der Waals surface area contributed by atoms with E-state index in [0.717, 1.165) is 0 Å². The number of benzene rings is 3. The van der Waals surface area contributed by atoms with Gasteiger partial charge in [-0.1, -0.05) is 36.4 Å². The average Bonchev–Trinajstić information content (AvgIpc) is 3.12. The number of nitrogens with zero attached hydrogens (tertiary/aromatic N) is 2. The summed E-state index contributed by atoms with van der Waals surface area (Å²) in [5.41, 5.74) is 5.08. The van der Waals surface area contributed by atoms with Crippen molar-refractivity contribution in [2.24, 2.45) is 5.73 Å². The predicted molar refractivity (Wildman–Crippen MR) is 103 cm³/mol. The lowest BCUT2D eigenvalue weighted by atomic mass is 9.83. The number of alkyl halides is 3. The smallest absolute Gasteiger partial charge is 0.314 e. The van der Waals surface area contributed by atoms with E-state index in [4.69, 9.17) is 5.73 Å². The molecule has 1 atom stereocenters. The summed E-state index contributed by atoms with van der Waals surface area (Å²) in [5, 5.41) is 4.75. The van der Waals surface area contributed by atoms with Crippen molar-refractivity contribution in [3.05, 3.63) is 95.9 Å². The maximum Gasteiger partial charge on any atom is 0.410 e. The first-order chi connectivity index (χ1) is 13.8. The molecule has 4 aromatic rings. The molecule has 1 heterocycles. The summed E-state index contributed by atoms with van der Waals surface area (Å²) in [4.78, 5) is 0. The van der Waals surface area contributed by atoms with Gasteiger partial charge in [-0.05, 0) is 47.5 Å². The quantitative estimate of drug-likeness (QED) is 0.484. The predicted octanol–water partition coefficient (Wildman–Crippen LogP) is 5.12. The van der Waals surface area contributed by atoms with Crippen molar-refractivity contribution >= 4 is 10.9 Å². The van der Waals surface area contributed by atoms with Crippen LogP contribution in [0.3, 0.4) is 0 Å². The fourth-order valence-electron chi connectivity index (χ4n) is 3.38. The van der Waals surface area contributed by atoms with Gasteiger partial charge in [-0.25, -0.2) is 9.07 Å². The molecule has 4 rings (SSSR count). The van der Waals surface area contributed by atoms with Crippen LogP contribution in [0.2, 0.25) is 0 Å². The Hall–Kier alpha value is -3.19. The monoisotopic (exact) mass is 399 g/mol. The molecule has 0 saturated heterocycles. The minimum absolute atomic E-state index is 0.0417. The minimum atomic E-state index is -4.65. The molecule has 0 radical (unpaired) electrons. The Morgan fingerprint density at radius 2 is 1.59 bits per heavy atom. The normalized spacial score (nSPS) is 14.1. The van der Waals surface area contributed by atoms with E-state index < -0.39 is 11.7 Å². The molecule has 1 aromatic heterocycles. The summed E-state index contributed by atoms with van der Waals surface area (Å²) in [7, 11) is 0. The lowest BCUT2D eigenvalue weighted by molar-refractivity contribution is -0.189. The second-order valence-electron chi connectivity index (χ2n) is 6.94. The average molecular weight is 399 g/mol. The zero-order valence-electron chi connectivity index (χ0n) is 15.2. The Balaban J connectivity index is 1.78. The van der Waals surface area contributed by atoms with Crippen molar-refractivity contribution < 1.29 is 17.6 Å². The fraction of sp³-hybridized carbons (Fsp3) is 0.136. The molecule has 0 aliphatic rings. The van der Waals surface area contributed by atoms with Gasteiger partial charge in [0.1, 0.15) is 11.4 Å². The Labute approximate surface area is 164 Å². The molecule has 3 aromatic carbocycles. The molecule has 0 saturated carbocycles. The molecule has 3 nitrogen and oxygen atoms in total. The van der Waals surface area contributed by atoms with Crippen molar-refractivity contribution in [3.63, 3.8) is 0 Å². The van der Waals surface area contributed by atoms with Crippen LogP contribution in [0.1, 0.15) is 11.1 Å². The molecular formula is C22H17F4N3. The van der Waals surface area contributed by atoms with Gasteiger partial charge in [0.2, 0.25) is 0 Å². The van der Waals surface area contributed by atoms with E-state index in [2.05, 4.69) is 5.10 Å². The molecule has 1 unspecified atom stereocenters. The van der Waals surface area contributed by atoms with Gasteiger partial charge >= 0.3 is 6.18 Å². The van der Waals surface area contributed by atoms with Gasteiger partial charge in [-0.15, -0.1) is 0 Å². The Bertz CT molecular complexity index is 1130. The lowest BCUT2D eigenvalue weighted by Crippen LogP contribution is -2.52. The van der Waals surface area contributed by atoms with Crippen LogP contribution in [0.15, 0.2) is 79.0 Å². The summed E-state index contributed by atoms with van der Waals surface area (Å²) in [5.74, 6) is -0.383. The van der Waals surface area contributed by atoms with Crippen molar-refractivity contribution in [1.82, 2.24) is 9.78 Å². The van der Waals surface area contributed by atoms with Crippen LogP contribution in [0.25, 0.3) is 16.6 Å². The highest BCUT2D eigenvalue weighted by Crippen LogP contribution is 2.40. The number of hydrogen-bond acceptors (Lipinski definition) is 2. The van der Waals surface area contributed by atoms with E-state index in [1.165, 1.54) is 30.5 Å². The van der Waals surface area contributed by atoms with Gasteiger partial charge < -0.3 is 5.73 Å². The van der Waals surface area contributed by atoms with Crippen LogP contribution >= 0.6 is 0 Å². The summed E-state index contributed by atoms with van der Waals surface area (Å²) in [6.45, 7) is 0. The Morgan fingerprint density at radius 3 is 2.24 bits per heavy atom. The Morgan fingerprint density at radius 1 is 0.897 bits per heavy atom. The zero-order valence-corrected chi connectivity index (χ0v) is 15.2. The van der Waals surface area contributed by atoms with E-state index in [1.807, 2.05) is 0 Å². The van der Waals surface area contributed by atoms with Crippen LogP contribution in [0, 0.1) is 5.82 Å². The standard InChI is InChI=1S/C22H17F4N3/c23-18-7-9-19(10-8-18)29-20-11-6-17(12-16(20)14-28-29)21(27,22(24,25)26)13-15-4-2-1-3-5-15/h1-12,14H,13,27H2. The molecule has 7 heteroatoms. The second-order valence-corrected chi connectivity index (χ2v) is 6.94. The molecular weight excluding hydrogens is 382 g/mol. The van der Waals surface area contributed by atoms with Gasteiger partial charge in [-0.2, -0.15) is 18.3 Å². The molecule has 0 spiro atoms. The third-order valence-corrected chi connectivity index (χ3v) is 4.99. The summed E-state index contributed by atoms with van der Waals surface area (Å²) in [6.07, 6.45) is -3.56. The molecule has 2 N–H and O–H groups in total. The van der Waals surface area contributed by atoms with Gasteiger partial charge in [0.05, 0.1) is 17.4 Å². The first-order valence-electron chi connectivity index (χ1n) is 8.92. The number of rotatable bonds is 4. The van der Waals surface area contributed by atoms with E-state index in [1.54, 1.807) is 53.2 Å². The summed E-state index contributed by atoms with van der Waals surface area (Å²) in [6, 6.07) is 18.4. The van der Waals surface area contributed by atoms with Gasteiger partial charge in [0.25, 0.3) is 0 Å². The summed E-state index contributed by atoms with van der Waals surface area (Å²) >= 11 is 0. The fourth-order valence-corrected chi connectivity index (χ4v) is 3.38. The highest BCUT2D eigenvalue weighted by molar-refractivity contribution is 5.81. The SMILES string of the molecule is NC(Cc1ccccc1)(c1ccc2c(cnn2-c2ccc(F)cc2)c1)C(F)(F)F. The third-order valence-electron chi connectivity index (χ3n) is 4.99. The maximum atomic E-state index is 14.0. The number of hydrogen-bond donors (Lipinski definition) is 1. The van der Waals surface area contributed by atoms with Crippen molar-refractivity contribution in [3.8, 4) is 5.69 Å². The maximum absolute atomic E-state index is 14.0. The lowest BCUT2D eigenvalue weighted by Gasteiger charge is -2.32. The third kappa shape index (κ3) is 3.49. The first kappa shape index (κ1) is 19.1. The van der Waals surface area contributed by atoms with Crippen molar-refractivity contribution in [2.75, 3.05) is 0 Å². The summed E-state index contributed by atoms with van der Waals surface area (Å²) < 4.78 is 56.7. The van der Waals surface area contributed by atoms with Crippen LogP contribution in [-0.4, -0.2) is 16.0 Å². The number of aromatic nitrogens is 2. The number of fused-ring (bicyclic) bond motifs is 1. The van der Waals surface area contributed by atoms with Crippen LogP contribution < -0.4 is 5.73 Å². The van der Waals surface area contributed by atoms with Gasteiger partial charge in [0.15, 0.2) is 0 Å². The molecule has 0 fully saturated rings. The van der Waals surface area contributed by atoms with Gasteiger partial charge in [0, 0.05) is 11.8 Å². The molecule has 0 amide bonds. The Kier molecular flexibility index (Phi) is 4.62. The van der Waals surface area contributed by atoms with Crippen molar-refractivity contribution in [2.45, 2.75) is 18.1 Å². The second kappa shape index (κ2) is 7.00. The van der Waals surface area contributed by atoms with Crippen LogP contribution in [-0.2, 0) is 12.0 Å². The highest BCUT2D eigenvalue weighted by Gasteiger charge is 2.53. The molecule has 0 aliphatic carbocycles. The number of nitrogens with two attached hydrogens (primary N) is 1. The van der Waals surface area contributed by atoms with Gasteiger partial charge in [-0.3, -0.25) is 0 Å².